The highest BCUT2D eigenvalue weighted by Gasteiger charge is 2.29. The van der Waals surface area contributed by atoms with Crippen LogP contribution in [0.3, 0.4) is 0 Å². The van der Waals surface area contributed by atoms with Gasteiger partial charge in [0.25, 0.3) is 0 Å². The molecule has 0 aromatic heterocycles. The summed E-state index contributed by atoms with van der Waals surface area (Å²) in [5.41, 5.74) is 0. The molecule has 1 atom stereocenters. The smallest absolute Gasteiger partial charge is 0.0386 e. The molecular formula is C11H22. The lowest BCUT2D eigenvalue weighted by Crippen LogP contribution is -2.03. The normalized spacial score (nSPS) is 20.7. The quantitative estimate of drug-likeness (QED) is 0.564. The van der Waals surface area contributed by atoms with Crippen LogP contribution in [0.1, 0.15) is 52.9 Å². The Morgan fingerprint density at radius 1 is 1.18 bits per heavy atom. The van der Waals surface area contributed by atoms with Gasteiger partial charge in [-0.15, -0.1) is 0 Å². The molecule has 0 amide bonds. The van der Waals surface area contributed by atoms with Crippen LogP contribution in [0.5, 0.6) is 0 Å². The molecule has 0 bridgehead atoms. The van der Waals surface area contributed by atoms with Crippen LogP contribution in [0.15, 0.2) is 0 Å². The lowest BCUT2D eigenvalue weighted by Gasteiger charge is -2.14. The van der Waals surface area contributed by atoms with Gasteiger partial charge in [-0.1, -0.05) is 33.6 Å². The maximum atomic E-state index is 2.35. The molecule has 0 aliphatic heterocycles. The summed E-state index contributed by atoms with van der Waals surface area (Å²) in [5, 5.41) is 0. The maximum Gasteiger partial charge on any atom is -0.0386 e. The standard InChI is InChI=1S/C11H22/c1-4-10(11-7-8-11)6-5-9(2)3/h9-11H,4-8H2,1-3H3. The monoisotopic (exact) mass is 154 g/mol. The molecule has 1 aliphatic carbocycles. The predicted molar refractivity (Wildman–Crippen MR) is 50.6 cm³/mol. The highest BCUT2D eigenvalue weighted by molar-refractivity contribution is 4.80. The molecule has 0 aromatic rings. The largest absolute Gasteiger partial charge is 0.0651 e. The third-order valence-corrected chi connectivity index (χ3v) is 2.93. The van der Waals surface area contributed by atoms with Crippen LogP contribution in [0, 0.1) is 17.8 Å². The Morgan fingerprint density at radius 2 is 1.82 bits per heavy atom. The minimum atomic E-state index is 0.905. The van der Waals surface area contributed by atoms with E-state index in [0.717, 1.165) is 17.8 Å². The Kier molecular flexibility index (Phi) is 3.42. The Bertz CT molecular complexity index is 101. The van der Waals surface area contributed by atoms with Crippen LogP contribution in [0.25, 0.3) is 0 Å². The van der Waals surface area contributed by atoms with Crippen molar-refractivity contribution in [2.45, 2.75) is 52.9 Å². The third kappa shape index (κ3) is 3.27. The van der Waals surface area contributed by atoms with Gasteiger partial charge in [-0.2, -0.15) is 0 Å². The summed E-state index contributed by atoms with van der Waals surface area (Å²) < 4.78 is 0. The minimum absolute atomic E-state index is 0.905. The van der Waals surface area contributed by atoms with Crippen molar-refractivity contribution in [1.29, 1.82) is 0 Å². The second-order valence-corrected chi connectivity index (χ2v) is 4.48. The highest BCUT2D eigenvalue weighted by Crippen LogP contribution is 2.41. The first-order valence-corrected chi connectivity index (χ1v) is 5.24. The van der Waals surface area contributed by atoms with E-state index in [1.807, 2.05) is 0 Å². The van der Waals surface area contributed by atoms with Gasteiger partial charge in [0, 0.05) is 0 Å². The van der Waals surface area contributed by atoms with Crippen LogP contribution in [0.2, 0.25) is 0 Å². The fraction of sp³-hybridized carbons (Fsp3) is 1.00. The van der Waals surface area contributed by atoms with Crippen molar-refractivity contribution in [1.82, 2.24) is 0 Å². The second kappa shape index (κ2) is 4.13. The molecule has 1 fully saturated rings. The molecule has 0 nitrogen and oxygen atoms in total. The molecule has 0 saturated heterocycles. The third-order valence-electron chi connectivity index (χ3n) is 2.93. The topological polar surface area (TPSA) is 0 Å². The van der Waals surface area contributed by atoms with Crippen LogP contribution >= 0.6 is 0 Å². The Labute approximate surface area is 71.4 Å². The molecule has 1 rings (SSSR count). The van der Waals surface area contributed by atoms with Gasteiger partial charge in [0.05, 0.1) is 0 Å². The van der Waals surface area contributed by atoms with Crippen molar-refractivity contribution >= 4 is 0 Å². The minimum Gasteiger partial charge on any atom is -0.0651 e. The lowest BCUT2D eigenvalue weighted by molar-refractivity contribution is 0.373. The SMILES string of the molecule is CCC(CCC(C)C)C1CC1. The van der Waals surface area contributed by atoms with Gasteiger partial charge < -0.3 is 0 Å². The first kappa shape index (κ1) is 9.09. The van der Waals surface area contributed by atoms with Gasteiger partial charge in [-0.3, -0.25) is 0 Å². The number of hydrogen-bond donors (Lipinski definition) is 0. The molecule has 1 saturated carbocycles. The van der Waals surface area contributed by atoms with Crippen LogP contribution in [-0.4, -0.2) is 0 Å². The highest BCUT2D eigenvalue weighted by atomic mass is 14.3. The van der Waals surface area contributed by atoms with Crippen LogP contribution in [-0.2, 0) is 0 Å². The van der Waals surface area contributed by atoms with Crippen LogP contribution < -0.4 is 0 Å². The van der Waals surface area contributed by atoms with E-state index in [2.05, 4.69) is 20.8 Å². The Morgan fingerprint density at radius 3 is 2.18 bits per heavy atom. The predicted octanol–water partition coefficient (Wildman–Crippen LogP) is 3.86. The first-order chi connectivity index (χ1) is 5.24. The Hall–Kier alpha value is 0. The second-order valence-electron chi connectivity index (χ2n) is 4.48. The van der Waals surface area contributed by atoms with Gasteiger partial charge >= 0.3 is 0 Å². The van der Waals surface area contributed by atoms with Gasteiger partial charge in [-0.05, 0) is 37.0 Å². The number of rotatable bonds is 5. The summed E-state index contributed by atoms with van der Waals surface area (Å²) in [4.78, 5) is 0. The lowest BCUT2D eigenvalue weighted by atomic mass is 9.92. The van der Waals surface area contributed by atoms with E-state index in [1.165, 1.54) is 32.1 Å². The van der Waals surface area contributed by atoms with E-state index < -0.39 is 0 Å². The van der Waals surface area contributed by atoms with Crippen LogP contribution in [0.4, 0.5) is 0 Å². The molecule has 11 heavy (non-hydrogen) atoms. The summed E-state index contributed by atoms with van der Waals surface area (Å²) in [7, 11) is 0. The fourth-order valence-electron chi connectivity index (χ4n) is 1.89. The molecule has 0 radical (unpaired) electrons. The van der Waals surface area contributed by atoms with Gasteiger partial charge in [0.2, 0.25) is 0 Å². The zero-order valence-electron chi connectivity index (χ0n) is 8.27. The zero-order chi connectivity index (χ0) is 8.27. The van der Waals surface area contributed by atoms with Gasteiger partial charge in [-0.25, -0.2) is 0 Å². The molecule has 0 N–H and O–H groups in total. The van der Waals surface area contributed by atoms with Crippen molar-refractivity contribution in [2.24, 2.45) is 17.8 Å². The average Bonchev–Trinajstić information content (AvgIpc) is 2.72. The average molecular weight is 154 g/mol. The molecule has 0 aromatic carbocycles. The van der Waals surface area contributed by atoms with Gasteiger partial charge in [0.1, 0.15) is 0 Å². The summed E-state index contributed by atoms with van der Waals surface area (Å²) in [6.07, 6.45) is 7.39. The van der Waals surface area contributed by atoms with E-state index in [-0.39, 0.29) is 0 Å². The summed E-state index contributed by atoms with van der Waals surface area (Å²) >= 11 is 0. The van der Waals surface area contributed by atoms with E-state index in [1.54, 1.807) is 0 Å². The van der Waals surface area contributed by atoms with Crippen molar-refractivity contribution in [3.8, 4) is 0 Å². The molecular weight excluding hydrogens is 132 g/mol. The molecule has 0 heteroatoms. The van der Waals surface area contributed by atoms with E-state index in [4.69, 9.17) is 0 Å². The maximum absolute atomic E-state index is 2.35. The van der Waals surface area contributed by atoms with Crippen molar-refractivity contribution in [2.75, 3.05) is 0 Å². The van der Waals surface area contributed by atoms with Crippen molar-refractivity contribution in [3.05, 3.63) is 0 Å². The zero-order valence-corrected chi connectivity index (χ0v) is 8.27. The first-order valence-electron chi connectivity index (χ1n) is 5.24. The Balaban J connectivity index is 2.10. The number of hydrogen-bond acceptors (Lipinski definition) is 0. The molecule has 1 unspecified atom stereocenters. The van der Waals surface area contributed by atoms with Gasteiger partial charge in [0.15, 0.2) is 0 Å². The molecule has 1 aliphatic rings. The molecule has 0 spiro atoms. The summed E-state index contributed by atoms with van der Waals surface area (Å²) in [6, 6.07) is 0. The van der Waals surface area contributed by atoms with Crippen molar-refractivity contribution in [3.63, 3.8) is 0 Å². The summed E-state index contributed by atoms with van der Waals surface area (Å²) in [5.74, 6) is 3.10. The fourth-order valence-corrected chi connectivity index (χ4v) is 1.89. The molecule has 66 valence electrons. The van der Waals surface area contributed by atoms with Crippen molar-refractivity contribution < 1.29 is 0 Å². The summed E-state index contributed by atoms with van der Waals surface area (Å²) in [6.45, 7) is 7.02. The molecule has 0 heterocycles. The van der Waals surface area contributed by atoms with E-state index >= 15 is 0 Å². The van der Waals surface area contributed by atoms with E-state index in [9.17, 15) is 0 Å². The van der Waals surface area contributed by atoms with E-state index in [0.29, 0.717) is 0 Å².